The average Bonchev–Trinajstić information content (AvgIpc) is 3.54. The monoisotopic (exact) mass is 549 g/mol. The second-order valence-corrected chi connectivity index (χ2v) is 9.91. The number of aromatic nitrogens is 4. The van der Waals surface area contributed by atoms with E-state index in [1.165, 1.54) is 12.3 Å². The number of ketones is 1. The second kappa shape index (κ2) is 11.7. The lowest BCUT2D eigenvalue weighted by Crippen LogP contribution is -2.56. The van der Waals surface area contributed by atoms with E-state index in [0.717, 1.165) is 29.2 Å². The minimum absolute atomic E-state index is 0.00614. The molecule has 0 aliphatic carbocycles. The van der Waals surface area contributed by atoms with Gasteiger partial charge in [0.2, 0.25) is 17.6 Å². The van der Waals surface area contributed by atoms with Crippen molar-refractivity contribution in [3.63, 3.8) is 0 Å². The summed E-state index contributed by atoms with van der Waals surface area (Å²) >= 11 is 0. The first kappa shape index (κ1) is 29.3. The van der Waals surface area contributed by atoms with E-state index in [9.17, 15) is 32.7 Å². The molecule has 2 amide bonds. The highest BCUT2D eigenvalue weighted by atomic mass is 19.4. The summed E-state index contributed by atoms with van der Waals surface area (Å²) in [4.78, 5) is 39.3. The molecule has 0 radical (unpaired) electrons. The molecule has 0 aliphatic heterocycles. The van der Waals surface area contributed by atoms with E-state index in [4.69, 9.17) is 4.42 Å². The molecular weight excluding hydrogens is 521 g/mol. The van der Waals surface area contributed by atoms with E-state index in [1.54, 1.807) is 20.8 Å². The summed E-state index contributed by atoms with van der Waals surface area (Å²) in [5.74, 6) is -2.31. The molecule has 0 bridgehead atoms. The lowest BCUT2D eigenvalue weighted by molar-refractivity contribution is -0.273. The number of carboxylic acid groups (broad SMARTS) is 1. The standard InChI is InChI=1S/C25H29F3N6O5/c1-5-6-7-16(18(35)20(36)30-17-12-13-29-31-17)34(23(37)38)19(24(2,3)4)22-33-32-21(39-22)14-8-10-15(11-9-14)25(26,27)28/h8-13,16,19H,5-7H2,1-4H3,(H,37,38)(H2,29,30,31,36)/p-1/t16-,19-/m0/s1. The van der Waals surface area contributed by atoms with Crippen LogP contribution in [-0.4, -0.2) is 49.1 Å². The maximum atomic E-state index is 13.3. The Labute approximate surface area is 221 Å². The fourth-order valence-electron chi connectivity index (χ4n) is 4.04. The highest BCUT2D eigenvalue weighted by Crippen LogP contribution is 2.40. The summed E-state index contributed by atoms with van der Waals surface area (Å²) < 4.78 is 44.6. The van der Waals surface area contributed by atoms with Crippen molar-refractivity contribution in [1.29, 1.82) is 0 Å². The van der Waals surface area contributed by atoms with E-state index in [1.807, 2.05) is 6.92 Å². The number of carbonyl (C=O) groups is 3. The molecule has 3 aromatic rings. The van der Waals surface area contributed by atoms with Crippen LogP contribution in [0.15, 0.2) is 40.9 Å². The van der Waals surface area contributed by atoms with Crippen molar-refractivity contribution in [3.05, 3.63) is 48.0 Å². The summed E-state index contributed by atoms with van der Waals surface area (Å²) in [5.41, 5.74) is -1.64. The summed E-state index contributed by atoms with van der Waals surface area (Å²) in [6.07, 6.45) is -3.89. The molecule has 2 atom stereocenters. The number of aromatic amines is 1. The maximum absolute atomic E-state index is 13.3. The highest BCUT2D eigenvalue weighted by molar-refractivity contribution is 6.42. The van der Waals surface area contributed by atoms with Crippen molar-refractivity contribution < 1.29 is 37.1 Å². The molecule has 0 saturated carbocycles. The number of Topliss-reactive ketones (excluding diaryl/α,β-unsaturated/α-hetero) is 1. The van der Waals surface area contributed by atoms with Crippen molar-refractivity contribution in [2.75, 3.05) is 5.32 Å². The van der Waals surface area contributed by atoms with E-state index >= 15 is 0 Å². The third-order valence-corrected chi connectivity index (χ3v) is 5.89. The highest BCUT2D eigenvalue weighted by Gasteiger charge is 2.43. The van der Waals surface area contributed by atoms with Crippen molar-refractivity contribution in [1.82, 2.24) is 25.3 Å². The van der Waals surface area contributed by atoms with Gasteiger partial charge < -0.3 is 24.5 Å². The number of nitrogens with one attached hydrogen (secondary N) is 2. The summed E-state index contributed by atoms with van der Waals surface area (Å²) in [6, 6.07) is 2.72. The number of alkyl halides is 3. The molecule has 0 fully saturated rings. The Morgan fingerprint density at radius 2 is 1.77 bits per heavy atom. The number of H-pyrrole nitrogens is 1. The van der Waals surface area contributed by atoms with E-state index in [0.29, 0.717) is 12.8 Å². The minimum atomic E-state index is -4.53. The van der Waals surface area contributed by atoms with Gasteiger partial charge in [0.05, 0.1) is 17.8 Å². The summed E-state index contributed by atoms with van der Waals surface area (Å²) in [7, 11) is 0. The van der Waals surface area contributed by atoms with Gasteiger partial charge in [0.25, 0.3) is 5.91 Å². The Hall–Kier alpha value is -4.23. The van der Waals surface area contributed by atoms with Gasteiger partial charge in [-0.3, -0.25) is 14.7 Å². The van der Waals surface area contributed by atoms with Crippen LogP contribution < -0.4 is 10.4 Å². The molecule has 0 saturated heterocycles. The fraction of sp³-hybridized carbons (Fsp3) is 0.440. The first-order valence-corrected chi connectivity index (χ1v) is 12.1. The Morgan fingerprint density at radius 3 is 2.28 bits per heavy atom. The number of carbonyl (C=O) groups excluding carboxylic acids is 3. The molecule has 0 unspecified atom stereocenters. The number of halogens is 3. The zero-order valence-corrected chi connectivity index (χ0v) is 21.7. The third-order valence-electron chi connectivity index (χ3n) is 5.89. The van der Waals surface area contributed by atoms with Crippen molar-refractivity contribution in [2.45, 2.75) is 65.2 Å². The van der Waals surface area contributed by atoms with Crippen molar-refractivity contribution in [2.24, 2.45) is 5.41 Å². The number of nitrogens with zero attached hydrogens (tertiary/aromatic N) is 4. The second-order valence-electron chi connectivity index (χ2n) is 9.91. The van der Waals surface area contributed by atoms with Gasteiger partial charge in [0.1, 0.15) is 18.0 Å². The van der Waals surface area contributed by atoms with Gasteiger partial charge in [-0.25, -0.2) is 0 Å². The molecule has 2 heterocycles. The van der Waals surface area contributed by atoms with Gasteiger partial charge >= 0.3 is 6.18 Å². The molecule has 14 heteroatoms. The minimum Gasteiger partial charge on any atom is -0.530 e. The van der Waals surface area contributed by atoms with E-state index < -0.39 is 47.0 Å². The number of unbranched alkanes of at least 4 members (excludes halogenated alkanes) is 1. The average molecular weight is 550 g/mol. The number of benzene rings is 1. The normalized spacial score (nSPS) is 13.5. The van der Waals surface area contributed by atoms with Gasteiger partial charge in [0, 0.05) is 11.6 Å². The SMILES string of the molecule is CCCC[C@@H](C(=O)C(=O)Nc1ccn[nH]1)N(C(=O)[O-])[C@@H](c1nnc(-c2ccc(C(F)(F)F)cc2)o1)C(C)(C)C. The molecule has 3 rings (SSSR count). The maximum Gasteiger partial charge on any atom is 0.416 e. The Bertz CT molecular complexity index is 1280. The fourth-order valence-corrected chi connectivity index (χ4v) is 4.04. The van der Waals surface area contributed by atoms with Crippen LogP contribution in [-0.2, 0) is 15.8 Å². The van der Waals surface area contributed by atoms with E-state index in [2.05, 4.69) is 25.7 Å². The van der Waals surface area contributed by atoms with Gasteiger partial charge in [-0.1, -0.05) is 40.5 Å². The van der Waals surface area contributed by atoms with Crippen LogP contribution in [0.2, 0.25) is 0 Å². The largest absolute Gasteiger partial charge is 0.530 e. The first-order valence-electron chi connectivity index (χ1n) is 12.1. The van der Waals surface area contributed by atoms with Crippen LogP contribution in [0.5, 0.6) is 0 Å². The number of rotatable bonds is 10. The molecule has 2 aromatic heterocycles. The summed E-state index contributed by atoms with van der Waals surface area (Å²) in [5, 5.41) is 28.9. The van der Waals surface area contributed by atoms with Crippen LogP contribution in [0.3, 0.4) is 0 Å². The predicted octanol–water partition coefficient (Wildman–Crippen LogP) is 3.98. The van der Waals surface area contributed by atoms with Gasteiger partial charge in [-0.15, -0.1) is 10.2 Å². The first-order chi connectivity index (χ1) is 18.2. The number of anilines is 1. The Balaban J connectivity index is 2.00. The number of hydrogen-bond donors (Lipinski definition) is 2. The lowest BCUT2D eigenvalue weighted by atomic mass is 9.84. The van der Waals surface area contributed by atoms with Gasteiger partial charge in [0.15, 0.2) is 0 Å². The molecule has 0 spiro atoms. The zero-order chi connectivity index (χ0) is 29.0. The molecule has 1 aromatic carbocycles. The molecule has 0 aliphatic rings. The van der Waals surface area contributed by atoms with Crippen LogP contribution >= 0.6 is 0 Å². The van der Waals surface area contributed by atoms with Gasteiger partial charge in [-0.05, 0) is 36.1 Å². The Morgan fingerprint density at radius 1 is 1.10 bits per heavy atom. The van der Waals surface area contributed by atoms with Crippen LogP contribution in [0.25, 0.3) is 11.5 Å². The molecule has 39 heavy (non-hydrogen) atoms. The zero-order valence-electron chi connectivity index (χ0n) is 21.7. The van der Waals surface area contributed by atoms with Crippen LogP contribution in [0, 0.1) is 5.41 Å². The van der Waals surface area contributed by atoms with Crippen molar-refractivity contribution >= 4 is 23.6 Å². The predicted molar refractivity (Wildman–Crippen MR) is 130 cm³/mol. The number of amides is 2. The molecule has 11 nitrogen and oxygen atoms in total. The Kier molecular flexibility index (Phi) is 8.77. The quantitative estimate of drug-likeness (QED) is 0.360. The third kappa shape index (κ3) is 7.00. The van der Waals surface area contributed by atoms with Crippen LogP contribution in [0.1, 0.15) is 64.5 Å². The lowest BCUT2D eigenvalue weighted by Gasteiger charge is -2.43. The smallest absolute Gasteiger partial charge is 0.416 e. The molecular formula is C25H28F3N6O5-. The van der Waals surface area contributed by atoms with Crippen molar-refractivity contribution in [3.8, 4) is 11.5 Å². The number of hydrogen-bond acceptors (Lipinski definition) is 8. The van der Waals surface area contributed by atoms with Crippen LogP contribution in [0.4, 0.5) is 23.8 Å². The summed E-state index contributed by atoms with van der Waals surface area (Å²) in [6.45, 7) is 6.84. The molecule has 2 N–H and O–H groups in total. The van der Waals surface area contributed by atoms with Gasteiger partial charge in [-0.2, -0.15) is 18.3 Å². The van der Waals surface area contributed by atoms with E-state index in [-0.39, 0.29) is 29.6 Å². The molecule has 210 valence electrons. The topological polar surface area (TPSA) is 157 Å².